The van der Waals surface area contributed by atoms with E-state index >= 15 is 0 Å². The summed E-state index contributed by atoms with van der Waals surface area (Å²) in [6, 6.07) is 12.6. The number of nitrogens with zero attached hydrogens (tertiary/aromatic N) is 5. The molecule has 1 aromatic carbocycles. The van der Waals surface area contributed by atoms with Gasteiger partial charge in [0.15, 0.2) is 10.9 Å². The summed E-state index contributed by atoms with van der Waals surface area (Å²) in [5, 5.41) is 8.54. The van der Waals surface area contributed by atoms with Crippen molar-refractivity contribution in [3.8, 4) is 27.5 Å². The van der Waals surface area contributed by atoms with Crippen LogP contribution in [0.3, 0.4) is 0 Å². The molecule has 3 aliphatic rings. The lowest BCUT2D eigenvalue weighted by Gasteiger charge is -2.34. The molecule has 0 bridgehead atoms. The summed E-state index contributed by atoms with van der Waals surface area (Å²) in [5.41, 5.74) is 6.65. The van der Waals surface area contributed by atoms with Gasteiger partial charge in [-0.2, -0.15) is 5.10 Å². The minimum Gasteiger partial charge on any atom is -0.302 e. The van der Waals surface area contributed by atoms with Crippen LogP contribution in [0, 0.1) is 5.92 Å². The molecule has 8 nitrogen and oxygen atoms in total. The first-order valence-corrected chi connectivity index (χ1v) is 16.0. The van der Waals surface area contributed by atoms with Crippen molar-refractivity contribution in [3.05, 3.63) is 65.6 Å². The van der Waals surface area contributed by atoms with Crippen LogP contribution in [0.25, 0.3) is 27.5 Å². The van der Waals surface area contributed by atoms with Gasteiger partial charge in [-0.3, -0.25) is 14.6 Å². The third kappa shape index (κ3) is 5.31. The molecule has 2 fully saturated rings. The Bertz CT molecular complexity index is 1600. The molecule has 1 saturated heterocycles. The summed E-state index contributed by atoms with van der Waals surface area (Å²) in [5.74, 6) is 0.582. The molecule has 0 unspecified atom stereocenters. The molecule has 2 aliphatic carbocycles. The molecule has 1 saturated carbocycles. The fourth-order valence-corrected chi connectivity index (χ4v) is 8.10. The van der Waals surface area contributed by atoms with Crippen molar-refractivity contribution in [2.24, 2.45) is 5.92 Å². The summed E-state index contributed by atoms with van der Waals surface area (Å²) in [6.07, 6.45) is 13.3. The van der Waals surface area contributed by atoms with E-state index in [1.54, 1.807) is 6.20 Å². The SMILES string of the molecule is CC(=O)Nc1nc2c(s1)-c1c(c(-c3cccnc3)nn1-c1ccc(C(=O)CC3CCC(N4CCCC4)CC3)cc1)CC2. The van der Waals surface area contributed by atoms with Crippen molar-refractivity contribution in [1.82, 2.24) is 24.6 Å². The predicted octanol–water partition coefficient (Wildman–Crippen LogP) is 6.34. The molecular formula is C33H36N6O2S. The molecule has 0 atom stereocenters. The van der Waals surface area contributed by atoms with Crippen LogP contribution in [0.4, 0.5) is 5.13 Å². The number of rotatable bonds is 7. The Hall–Kier alpha value is -3.69. The maximum absolute atomic E-state index is 13.3. The number of amides is 1. The van der Waals surface area contributed by atoms with E-state index < -0.39 is 0 Å². The zero-order valence-corrected chi connectivity index (χ0v) is 24.8. The van der Waals surface area contributed by atoms with Crippen LogP contribution in [0.1, 0.15) is 73.5 Å². The number of hydrogen-bond donors (Lipinski definition) is 1. The van der Waals surface area contributed by atoms with Crippen LogP contribution in [0.15, 0.2) is 48.8 Å². The number of hydrogen-bond acceptors (Lipinski definition) is 7. The van der Waals surface area contributed by atoms with Crippen molar-refractivity contribution >= 4 is 28.2 Å². The molecule has 3 aromatic heterocycles. The normalized spacial score (nSPS) is 20.2. The smallest absolute Gasteiger partial charge is 0.223 e. The molecule has 1 amide bonds. The quantitative estimate of drug-likeness (QED) is 0.256. The molecule has 4 aromatic rings. The lowest BCUT2D eigenvalue weighted by Crippen LogP contribution is -2.36. The predicted molar refractivity (Wildman–Crippen MR) is 165 cm³/mol. The minimum absolute atomic E-state index is 0.134. The van der Waals surface area contributed by atoms with Crippen LogP contribution >= 0.6 is 11.3 Å². The van der Waals surface area contributed by atoms with Crippen molar-refractivity contribution in [3.63, 3.8) is 0 Å². The second-order valence-electron chi connectivity index (χ2n) is 11.9. The van der Waals surface area contributed by atoms with Gasteiger partial charge in [0.2, 0.25) is 5.91 Å². The molecule has 0 radical (unpaired) electrons. The highest BCUT2D eigenvalue weighted by atomic mass is 32.1. The standard InChI is InChI=1S/C33H36N6O2S/c1-21(40)35-33-36-28-15-14-27-30(24-5-4-16-34-20-24)37-39(31(27)32(28)42-33)26-12-8-23(9-13-26)29(41)19-22-6-10-25(11-7-22)38-17-2-3-18-38/h4-5,8-9,12-13,16,20,22,25H,2-3,6-7,10-11,14-15,17-19H2,1H3,(H,35,36,40). The van der Waals surface area contributed by atoms with Crippen LogP contribution < -0.4 is 5.32 Å². The summed E-state index contributed by atoms with van der Waals surface area (Å²) in [7, 11) is 0. The number of carbonyl (C=O) groups is 2. The van der Waals surface area contributed by atoms with E-state index in [2.05, 4.69) is 15.2 Å². The summed E-state index contributed by atoms with van der Waals surface area (Å²) >= 11 is 1.48. The highest BCUT2D eigenvalue weighted by molar-refractivity contribution is 7.19. The Labute approximate surface area is 250 Å². The van der Waals surface area contributed by atoms with Crippen molar-refractivity contribution in [1.29, 1.82) is 0 Å². The highest BCUT2D eigenvalue weighted by Gasteiger charge is 2.31. The van der Waals surface area contributed by atoms with Crippen LogP contribution in [-0.4, -0.2) is 55.5 Å². The van der Waals surface area contributed by atoms with Gasteiger partial charge in [-0.1, -0.05) is 11.3 Å². The van der Waals surface area contributed by atoms with E-state index in [1.807, 2.05) is 47.3 Å². The average Bonchev–Trinajstić information content (AvgIpc) is 3.76. The fourth-order valence-electron chi connectivity index (χ4n) is 6.99. The largest absolute Gasteiger partial charge is 0.302 e. The first kappa shape index (κ1) is 27.2. The van der Waals surface area contributed by atoms with Gasteiger partial charge in [0, 0.05) is 48.5 Å². The van der Waals surface area contributed by atoms with Crippen LogP contribution in [0.5, 0.6) is 0 Å². The summed E-state index contributed by atoms with van der Waals surface area (Å²) < 4.78 is 1.97. The summed E-state index contributed by atoms with van der Waals surface area (Å²) in [4.78, 5) is 37.8. The van der Waals surface area contributed by atoms with E-state index in [4.69, 9.17) is 10.1 Å². The maximum atomic E-state index is 13.3. The number of ketones is 1. The molecule has 216 valence electrons. The number of aromatic nitrogens is 4. The van der Waals surface area contributed by atoms with Gasteiger partial charge in [0.25, 0.3) is 0 Å². The molecule has 7 rings (SSSR count). The maximum Gasteiger partial charge on any atom is 0.223 e. The number of anilines is 1. The zero-order valence-electron chi connectivity index (χ0n) is 24.0. The van der Waals surface area contributed by atoms with E-state index in [1.165, 1.54) is 57.0 Å². The van der Waals surface area contributed by atoms with Crippen molar-refractivity contribution in [2.45, 2.75) is 70.8 Å². The van der Waals surface area contributed by atoms with Gasteiger partial charge in [0.05, 0.1) is 27.6 Å². The van der Waals surface area contributed by atoms with E-state index in [-0.39, 0.29) is 11.7 Å². The lowest BCUT2D eigenvalue weighted by atomic mass is 9.82. The highest BCUT2D eigenvalue weighted by Crippen LogP contribution is 2.44. The average molecular weight is 581 g/mol. The molecule has 4 heterocycles. The number of fused-ring (bicyclic) bond motifs is 3. The monoisotopic (exact) mass is 580 g/mol. The molecule has 42 heavy (non-hydrogen) atoms. The Morgan fingerprint density at radius 1 is 1.02 bits per heavy atom. The van der Waals surface area contributed by atoms with E-state index in [0.29, 0.717) is 17.5 Å². The first-order valence-electron chi connectivity index (χ1n) is 15.2. The lowest BCUT2D eigenvalue weighted by molar-refractivity contribution is -0.114. The number of likely N-dealkylation sites (tertiary alicyclic amines) is 1. The van der Waals surface area contributed by atoms with Crippen molar-refractivity contribution in [2.75, 3.05) is 18.4 Å². The third-order valence-electron chi connectivity index (χ3n) is 9.11. The Morgan fingerprint density at radius 3 is 2.52 bits per heavy atom. The van der Waals surface area contributed by atoms with E-state index in [9.17, 15) is 9.59 Å². The number of nitrogens with one attached hydrogen (secondary N) is 1. The Morgan fingerprint density at radius 2 is 1.81 bits per heavy atom. The Kier molecular flexibility index (Phi) is 7.46. The third-order valence-corrected chi connectivity index (χ3v) is 10.1. The van der Waals surface area contributed by atoms with Gasteiger partial charge >= 0.3 is 0 Å². The number of pyridine rings is 1. The Balaban J connectivity index is 1.14. The second kappa shape index (κ2) is 11.5. The zero-order chi connectivity index (χ0) is 28.6. The van der Waals surface area contributed by atoms with Gasteiger partial charge < -0.3 is 10.2 Å². The van der Waals surface area contributed by atoms with E-state index in [0.717, 1.165) is 76.1 Å². The fraction of sp³-hybridized carbons (Fsp3) is 0.424. The van der Waals surface area contributed by atoms with Crippen LogP contribution in [-0.2, 0) is 17.6 Å². The molecular weight excluding hydrogens is 544 g/mol. The van der Waals surface area contributed by atoms with Gasteiger partial charge in [-0.15, -0.1) is 0 Å². The number of thiazole rings is 1. The number of aryl methyl sites for hydroxylation is 1. The first-order chi connectivity index (χ1) is 20.5. The van der Waals surface area contributed by atoms with Crippen molar-refractivity contribution < 1.29 is 9.59 Å². The molecule has 1 aliphatic heterocycles. The van der Waals surface area contributed by atoms with Gasteiger partial charge in [-0.25, -0.2) is 9.67 Å². The van der Waals surface area contributed by atoms with Gasteiger partial charge in [0.1, 0.15) is 0 Å². The molecule has 0 spiro atoms. The second-order valence-corrected chi connectivity index (χ2v) is 12.9. The number of Topliss-reactive ketones (excluding diaryl/α,β-unsaturated/α-hetero) is 1. The molecule has 9 heteroatoms. The van der Waals surface area contributed by atoms with Gasteiger partial charge in [-0.05, 0) is 107 Å². The number of carbonyl (C=O) groups excluding carboxylic acids is 2. The minimum atomic E-state index is -0.134. The molecule has 1 N–H and O–H groups in total. The number of benzene rings is 1. The topological polar surface area (TPSA) is 93.0 Å². The van der Waals surface area contributed by atoms with Crippen LogP contribution in [0.2, 0.25) is 0 Å². The summed E-state index contributed by atoms with van der Waals surface area (Å²) in [6.45, 7) is 4.01.